The van der Waals surface area contributed by atoms with Crippen LogP contribution < -0.4 is 0 Å². The van der Waals surface area contributed by atoms with E-state index in [4.69, 9.17) is 9.47 Å². The van der Waals surface area contributed by atoms with Crippen molar-refractivity contribution in [3.8, 4) is 0 Å². The lowest BCUT2D eigenvalue weighted by Gasteiger charge is -2.15. The van der Waals surface area contributed by atoms with Crippen molar-refractivity contribution >= 4 is 17.7 Å². The van der Waals surface area contributed by atoms with Crippen molar-refractivity contribution in [2.24, 2.45) is 5.92 Å². The Kier molecular flexibility index (Phi) is 31.0. The standard InChI is InChI=1S/C38H68O6/c1-4-5-6-7-13-18-23-28-35(40)29-24-19-16-21-26-31-38(42)44-36(32-39)33-43-37(41)30-25-20-15-12-10-8-9-11-14-17-22-27-34(2)3/h13,18,23,28,34,36,39H,4-12,14-17,19-22,24-27,29-33H2,1-3H3/b18-13-,28-23+/t36-/m0/s1. The minimum Gasteiger partial charge on any atom is -0.462 e. The molecule has 0 unspecified atom stereocenters. The Hall–Kier alpha value is -1.95. The number of allylic oxidation sites excluding steroid dienone is 4. The quantitative estimate of drug-likeness (QED) is 0.0348. The molecule has 0 spiro atoms. The number of aliphatic hydroxyl groups excluding tert-OH is 1. The normalized spacial score (nSPS) is 12.4. The van der Waals surface area contributed by atoms with Crippen LogP contribution in [-0.2, 0) is 23.9 Å². The maximum Gasteiger partial charge on any atom is 0.306 e. The van der Waals surface area contributed by atoms with Gasteiger partial charge in [0, 0.05) is 19.3 Å². The molecule has 44 heavy (non-hydrogen) atoms. The molecule has 0 aliphatic carbocycles. The zero-order chi connectivity index (χ0) is 32.5. The van der Waals surface area contributed by atoms with Crippen LogP contribution in [0.2, 0.25) is 0 Å². The van der Waals surface area contributed by atoms with Crippen molar-refractivity contribution in [3.63, 3.8) is 0 Å². The van der Waals surface area contributed by atoms with Crippen LogP contribution in [0.4, 0.5) is 0 Å². The van der Waals surface area contributed by atoms with E-state index in [-0.39, 0.29) is 37.4 Å². The zero-order valence-corrected chi connectivity index (χ0v) is 28.8. The molecule has 0 bridgehead atoms. The first kappa shape index (κ1) is 42.0. The van der Waals surface area contributed by atoms with Crippen LogP contribution in [0.5, 0.6) is 0 Å². The van der Waals surface area contributed by atoms with Crippen molar-refractivity contribution in [2.45, 2.75) is 181 Å². The van der Waals surface area contributed by atoms with Crippen LogP contribution in [0, 0.1) is 5.92 Å². The van der Waals surface area contributed by atoms with Crippen molar-refractivity contribution in [1.29, 1.82) is 0 Å². The number of carbonyl (C=O) groups is 3. The van der Waals surface area contributed by atoms with Gasteiger partial charge in [0.15, 0.2) is 11.9 Å². The van der Waals surface area contributed by atoms with Crippen molar-refractivity contribution in [3.05, 3.63) is 24.3 Å². The lowest BCUT2D eigenvalue weighted by Crippen LogP contribution is -2.28. The van der Waals surface area contributed by atoms with E-state index < -0.39 is 6.10 Å². The minimum atomic E-state index is -0.813. The summed E-state index contributed by atoms with van der Waals surface area (Å²) in [6, 6.07) is 0. The van der Waals surface area contributed by atoms with E-state index in [0.29, 0.717) is 19.3 Å². The van der Waals surface area contributed by atoms with Crippen LogP contribution >= 0.6 is 0 Å². The zero-order valence-electron chi connectivity index (χ0n) is 28.8. The van der Waals surface area contributed by atoms with Gasteiger partial charge in [0.1, 0.15) is 6.61 Å². The number of unbranched alkanes of at least 4 members (excludes halogenated alkanes) is 17. The number of rotatable bonds is 32. The Bertz CT molecular complexity index is 742. The number of ketones is 1. The summed E-state index contributed by atoms with van der Waals surface area (Å²) in [5, 5.41) is 9.52. The number of esters is 2. The summed E-state index contributed by atoms with van der Waals surface area (Å²) in [7, 11) is 0. The van der Waals surface area contributed by atoms with Gasteiger partial charge in [-0.3, -0.25) is 14.4 Å². The second kappa shape index (κ2) is 32.4. The molecular weight excluding hydrogens is 552 g/mol. The minimum absolute atomic E-state index is 0.102. The van der Waals surface area contributed by atoms with E-state index in [9.17, 15) is 19.5 Å². The smallest absolute Gasteiger partial charge is 0.306 e. The first-order valence-electron chi connectivity index (χ1n) is 18.2. The predicted octanol–water partition coefficient (Wildman–Crippen LogP) is 10.2. The topological polar surface area (TPSA) is 89.9 Å². The van der Waals surface area contributed by atoms with Gasteiger partial charge in [-0.1, -0.05) is 142 Å². The van der Waals surface area contributed by atoms with E-state index >= 15 is 0 Å². The van der Waals surface area contributed by atoms with Gasteiger partial charge in [0.05, 0.1) is 6.61 Å². The number of carbonyl (C=O) groups excluding carboxylic acids is 3. The van der Waals surface area contributed by atoms with Gasteiger partial charge in [0.2, 0.25) is 0 Å². The van der Waals surface area contributed by atoms with Crippen molar-refractivity contribution < 1.29 is 29.0 Å². The number of hydrogen-bond acceptors (Lipinski definition) is 6. The molecule has 0 saturated heterocycles. The average molecular weight is 621 g/mol. The summed E-state index contributed by atoms with van der Waals surface area (Å²) >= 11 is 0. The molecule has 0 radical (unpaired) electrons. The van der Waals surface area contributed by atoms with Gasteiger partial charge < -0.3 is 14.6 Å². The van der Waals surface area contributed by atoms with Gasteiger partial charge >= 0.3 is 11.9 Å². The number of ether oxygens (including phenoxy) is 2. The Morgan fingerprint density at radius 1 is 0.636 bits per heavy atom. The highest BCUT2D eigenvalue weighted by atomic mass is 16.6. The SMILES string of the molecule is CCCCC/C=C\C=C\C(=O)CCCCCCCC(=O)O[C@@H](CO)COC(=O)CCCCCCCCCCCCCC(C)C. The molecule has 0 amide bonds. The second-order valence-corrected chi connectivity index (χ2v) is 12.8. The third-order valence-electron chi connectivity index (χ3n) is 7.90. The summed E-state index contributed by atoms with van der Waals surface area (Å²) in [6.45, 7) is 6.31. The second-order valence-electron chi connectivity index (χ2n) is 12.8. The van der Waals surface area contributed by atoms with Crippen molar-refractivity contribution in [2.75, 3.05) is 13.2 Å². The van der Waals surface area contributed by atoms with E-state index in [1.54, 1.807) is 6.08 Å². The molecule has 1 atom stereocenters. The molecule has 0 aromatic heterocycles. The molecule has 0 aliphatic heterocycles. The first-order chi connectivity index (χ1) is 21.4. The summed E-state index contributed by atoms with van der Waals surface area (Å²) < 4.78 is 10.5. The van der Waals surface area contributed by atoms with Gasteiger partial charge in [-0.25, -0.2) is 0 Å². The molecule has 0 heterocycles. The molecule has 0 aromatic rings. The van der Waals surface area contributed by atoms with Gasteiger partial charge in [-0.15, -0.1) is 0 Å². The molecule has 256 valence electrons. The van der Waals surface area contributed by atoms with E-state index in [1.807, 2.05) is 12.2 Å². The molecule has 0 fully saturated rings. The maximum absolute atomic E-state index is 12.1. The molecule has 6 nitrogen and oxygen atoms in total. The molecular formula is C38H68O6. The van der Waals surface area contributed by atoms with Crippen molar-refractivity contribution in [1.82, 2.24) is 0 Å². The van der Waals surface area contributed by atoms with E-state index in [1.165, 1.54) is 77.0 Å². The maximum atomic E-state index is 12.1. The fraction of sp³-hybridized carbons (Fsp3) is 0.816. The molecule has 0 aliphatic rings. The Morgan fingerprint density at radius 2 is 1.16 bits per heavy atom. The predicted molar refractivity (Wildman–Crippen MR) is 183 cm³/mol. The summed E-state index contributed by atoms with van der Waals surface area (Å²) in [4.78, 5) is 36.1. The summed E-state index contributed by atoms with van der Waals surface area (Å²) in [5.41, 5.74) is 0. The largest absolute Gasteiger partial charge is 0.462 e. The van der Waals surface area contributed by atoms with Crippen LogP contribution in [0.3, 0.4) is 0 Å². The number of hydrogen-bond donors (Lipinski definition) is 1. The van der Waals surface area contributed by atoms with Gasteiger partial charge in [0.25, 0.3) is 0 Å². The average Bonchev–Trinajstić information content (AvgIpc) is 3.00. The first-order valence-corrected chi connectivity index (χ1v) is 18.2. The summed E-state index contributed by atoms with van der Waals surface area (Å²) in [5.74, 6) is 0.299. The molecule has 6 heteroatoms. The van der Waals surface area contributed by atoms with Crippen LogP contribution in [0.15, 0.2) is 24.3 Å². The Balaban J connectivity index is 3.66. The van der Waals surface area contributed by atoms with Gasteiger partial charge in [-0.05, 0) is 44.1 Å². The monoisotopic (exact) mass is 621 g/mol. The Morgan fingerprint density at radius 3 is 1.70 bits per heavy atom. The van der Waals surface area contributed by atoms with Crippen LogP contribution in [0.1, 0.15) is 175 Å². The van der Waals surface area contributed by atoms with Crippen LogP contribution in [-0.4, -0.2) is 42.1 Å². The fourth-order valence-corrected chi connectivity index (χ4v) is 5.07. The highest BCUT2D eigenvalue weighted by molar-refractivity contribution is 5.89. The molecule has 0 saturated carbocycles. The lowest BCUT2D eigenvalue weighted by atomic mass is 10.0. The number of aliphatic hydroxyl groups is 1. The van der Waals surface area contributed by atoms with E-state index in [0.717, 1.165) is 57.3 Å². The van der Waals surface area contributed by atoms with Crippen LogP contribution in [0.25, 0.3) is 0 Å². The third-order valence-corrected chi connectivity index (χ3v) is 7.90. The molecule has 0 rings (SSSR count). The third kappa shape index (κ3) is 31.5. The highest BCUT2D eigenvalue weighted by Gasteiger charge is 2.16. The highest BCUT2D eigenvalue weighted by Crippen LogP contribution is 2.14. The fourth-order valence-electron chi connectivity index (χ4n) is 5.07. The Labute approximate surface area is 270 Å². The summed E-state index contributed by atoms with van der Waals surface area (Å²) in [6.07, 6.45) is 31.9. The molecule has 1 N–H and O–H groups in total. The molecule has 0 aromatic carbocycles. The van der Waals surface area contributed by atoms with E-state index in [2.05, 4.69) is 26.8 Å². The van der Waals surface area contributed by atoms with Gasteiger partial charge in [-0.2, -0.15) is 0 Å². The lowest BCUT2D eigenvalue weighted by molar-refractivity contribution is -0.161.